The Bertz CT molecular complexity index is 339. The van der Waals surface area contributed by atoms with E-state index >= 15 is 0 Å². The summed E-state index contributed by atoms with van der Waals surface area (Å²) in [5, 5.41) is 18.1. The minimum absolute atomic E-state index is 0.00773. The number of amidine groups is 1. The number of anilines is 1. The predicted octanol–water partition coefficient (Wildman–Crippen LogP) is 0.971. The van der Waals surface area contributed by atoms with Crippen molar-refractivity contribution in [2.75, 3.05) is 5.32 Å². The topological polar surface area (TPSA) is 87.7 Å². The van der Waals surface area contributed by atoms with Crippen molar-refractivity contribution in [2.24, 2.45) is 5.73 Å². The number of rotatable bonds is 2. The van der Waals surface area contributed by atoms with Crippen LogP contribution < -0.4 is 11.1 Å². The summed E-state index contributed by atoms with van der Waals surface area (Å²) in [7, 11) is 0. The first-order chi connectivity index (χ1) is 6.40. The molecule has 0 saturated carbocycles. The second-order valence-electron chi connectivity index (χ2n) is 4.08. The molecule has 0 atom stereocenters. The summed E-state index contributed by atoms with van der Waals surface area (Å²) in [6.07, 6.45) is 1.52. The Morgan fingerprint density at radius 3 is 2.64 bits per heavy atom. The Labute approximate surface area is 83.2 Å². The van der Waals surface area contributed by atoms with Crippen molar-refractivity contribution in [1.29, 1.82) is 5.41 Å². The lowest BCUT2D eigenvalue weighted by molar-refractivity contribution is 0.628. The van der Waals surface area contributed by atoms with Crippen LogP contribution in [-0.4, -0.2) is 21.6 Å². The van der Waals surface area contributed by atoms with Crippen LogP contribution in [0.1, 0.15) is 26.3 Å². The number of hydrogen-bond donors (Lipinski definition) is 3. The highest BCUT2D eigenvalue weighted by molar-refractivity contribution is 5.99. The first-order valence-corrected chi connectivity index (χ1v) is 4.34. The summed E-state index contributed by atoms with van der Waals surface area (Å²) in [6, 6.07) is 1.67. The Balaban J connectivity index is 3.02. The molecule has 4 N–H and O–H groups in total. The first-order valence-electron chi connectivity index (χ1n) is 4.34. The van der Waals surface area contributed by atoms with Gasteiger partial charge in [-0.3, -0.25) is 5.41 Å². The van der Waals surface area contributed by atoms with Crippen LogP contribution in [0, 0.1) is 5.41 Å². The Hall–Kier alpha value is -1.65. The number of hydrogen-bond acceptors (Lipinski definition) is 4. The quantitative estimate of drug-likeness (QED) is 0.482. The van der Waals surface area contributed by atoms with Gasteiger partial charge < -0.3 is 11.1 Å². The minimum atomic E-state index is -0.125. The third-order valence-electron chi connectivity index (χ3n) is 1.50. The molecular weight excluding hydrogens is 178 g/mol. The van der Waals surface area contributed by atoms with Crippen LogP contribution in [0.3, 0.4) is 0 Å². The molecule has 0 aliphatic carbocycles. The smallest absolute Gasteiger partial charge is 0.160 e. The molecule has 0 unspecified atom stereocenters. The zero-order valence-corrected chi connectivity index (χ0v) is 8.63. The van der Waals surface area contributed by atoms with Crippen LogP contribution in [0.15, 0.2) is 12.3 Å². The predicted molar refractivity (Wildman–Crippen MR) is 56.4 cm³/mol. The van der Waals surface area contributed by atoms with Crippen LogP contribution in [0.25, 0.3) is 0 Å². The van der Waals surface area contributed by atoms with Gasteiger partial charge in [0.1, 0.15) is 5.84 Å². The fourth-order valence-electron chi connectivity index (χ4n) is 0.997. The van der Waals surface area contributed by atoms with E-state index in [1.54, 1.807) is 6.07 Å². The monoisotopic (exact) mass is 193 g/mol. The summed E-state index contributed by atoms with van der Waals surface area (Å²) >= 11 is 0. The van der Waals surface area contributed by atoms with E-state index < -0.39 is 0 Å². The molecule has 1 aromatic rings. The third kappa shape index (κ3) is 2.69. The van der Waals surface area contributed by atoms with E-state index in [1.165, 1.54) is 6.20 Å². The molecule has 0 aliphatic heterocycles. The molecule has 76 valence electrons. The summed E-state index contributed by atoms with van der Waals surface area (Å²) in [6.45, 7) is 6.02. The maximum atomic E-state index is 7.35. The van der Waals surface area contributed by atoms with Gasteiger partial charge in [-0.15, -0.1) is 5.10 Å². The third-order valence-corrected chi connectivity index (χ3v) is 1.50. The van der Waals surface area contributed by atoms with Crippen LogP contribution in [0.4, 0.5) is 5.82 Å². The standard InChI is InChI=1S/C9H15N5/c1-9(2,3)13-8-6(7(10)11)4-5-12-14-8/h4-5H,1-3H3,(H3,10,11)(H,13,14). The summed E-state index contributed by atoms with van der Waals surface area (Å²) in [5.41, 5.74) is 5.86. The van der Waals surface area contributed by atoms with Gasteiger partial charge in [0, 0.05) is 5.54 Å². The number of nitrogen functional groups attached to an aromatic ring is 1. The molecule has 0 spiro atoms. The SMILES string of the molecule is CC(C)(C)Nc1nnccc1C(=N)N. The van der Waals surface area contributed by atoms with Crippen molar-refractivity contribution in [3.63, 3.8) is 0 Å². The molecule has 0 aliphatic rings. The highest BCUT2D eigenvalue weighted by Crippen LogP contribution is 2.15. The van der Waals surface area contributed by atoms with Crippen LogP contribution in [-0.2, 0) is 0 Å². The van der Waals surface area contributed by atoms with Gasteiger partial charge >= 0.3 is 0 Å². The van der Waals surface area contributed by atoms with Crippen molar-refractivity contribution >= 4 is 11.7 Å². The molecule has 1 aromatic heterocycles. The number of nitrogens with zero attached hydrogens (tertiary/aromatic N) is 2. The fourth-order valence-corrected chi connectivity index (χ4v) is 0.997. The summed E-state index contributed by atoms with van der Waals surface area (Å²) in [4.78, 5) is 0. The fraction of sp³-hybridized carbons (Fsp3) is 0.444. The maximum absolute atomic E-state index is 7.35. The van der Waals surface area contributed by atoms with Gasteiger partial charge in [-0.25, -0.2) is 0 Å². The highest BCUT2D eigenvalue weighted by atomic mass is 15.2. The molecule has 0 fully saturated rings. The lowest BCUT2D eigenvalue weighted by Crippen LogP contribution is -2.29. The molecular formula is C9H15N5. The van der Waals surface area contributed by atoms with E-state index in [4.69, 9.17) is 11.1 Å². The highest BCUT2D eigenvalue weighted by Gasteiger charge is 2.14. The lowest BCUT2D eigenvalue weighted by atomic mass is 10.1. The summed E-state index contributed by atoms with van der Waals surface area (Å²) in [5.74, 6) is 0.541. The maximum Gasteiger partial charge on any atom is 0.160 e. The van der Waals surface area contributed by atoms with Gasteiger partial charge in [-0.1, -0.05) is 0 Å². The average molecular weight is 193 g/mol. The number of aromatic nitrogens is 2. The van der Waals surface area contributed by atoms with Crippen LogP contribution >= 0.6 is 0 Å². The first kappa shape index (κ1) is 10.4. The molecule has 5 nitrogen and oxygen atoms in total. The van der Waals surface area contributed by atoms with Crippen molar-refractivity contribution in [1.82, 2.24) is 10.2 Å². The zero-order valence-electron chi connectivity index (χ0n) is 8.63. The second-order valence-corrected chi connectivity index (χ2v) is 4.08. The van der Waals surface area contributed by atoms with Gasteiger partial charge in [0.05, 0.1) is 11.8 Å². The molecule has 14 heavy (non-hydrogen) atoms. The molecule has 0 amide bonds. The van der Waals surface area contributed by atoms with E-state index in [9.17, 15) is 0 Å². The van der Waals surface area contributed by atoms with Crippen molar-refractivity contribution in [3.05, 3.63) is 17.8 Å². The average Bonchev–Trinajstić information content (AvgIpc) is 2.01. The van der Waals surface area contributed by atoms with E-state index in [-0.39, 0.29) is 11.4 Å². The van der Waals surface area contributed by atoms with Crippen molar-refractivity contribution in [3.8, 4) is 0 Å². The molecule has 5 heteroatoms. The van der Waals surface area contributed by atoms with Gasteiger partial charge in [-0.2, -0.15) is 5.10 Å². The Morgan fingerprint density at radius 2 is 2.14 bits per heavy atom. The zero-order chi connectivity index (χ0) is 10.8. The van der Waals surface area contributed by atoms with Gasteiger partial charge in [0.2, 0.25) is 0 Å². The lowest BCUT2D eigenvalue weighted by Gasteiger charge is -2.22. The van der Waals surface area contributed by atoms with Gasteiger partial charge in [0.15, 0.2) is 5.82 Å². The molecule has 1 rings (SSSR count). The molecule has 0 aromatic carbocycles. The van der Waals surface area contributed by atoms with Crippen LogP contribution in [0.5, 0.6) is 0 Å². The van der Waals surface area contributed by atoms with E-state index in [1.807, 2.05) is 20.8 Å². The Morgan fingerprint density at radius 1 is 1.50 bits per heavy atom. The van der Waals surface area contributed by atoms with Gasteiger partial charge in [0.25, 0.3) is 0 Å². The molecule has 0 bridgehead atoms. The summed E-state index contributed by atoms with van der Waals surface area (Å²) < 4.78 is 0. The number of nitrogens with one attached hydrogen (secondary N) is 2. The van der Waals surface area contributed by atoms with Gasteiger partial charge in [-0.05, 0) is 26.8 Å². The second kappa shape index (κ2) is 3.61. The van der Waals surface area contributed by atoms with Crippen molar-refractivity contribution < 1.29 is 0 Å². The van der Waals surface area contributed by atoms with Crippen molar-refractivity contribution in [2.45, 2.75) is 26.3 Å². The van der Waals surface area contributed by atoms with E-state index in [2.05, 4.69) is 15.5 Å². The normalized spacial score (nSPS) is 11.1. The number of nitrogens with two attached hydrogens (primary N) is 1. The largest absolute Gasteiger partial charge is 0.384 e. The Kier molecular flexibility index (Phi) is 2.69. The minimum Gasteiger partial charge on any atom is -0.384 e. The van der Waals surface area contributed by atoms with E-state index in [0.29, 0.717) is 11.4 Å². The molecule has 0 radical (unpaired) electrons. The van der Waals surface area contributed by atoms with Crippen LogP contribution in [0.2, 0.25) is 0 Å². The molecule has 0 saturated heterocycles. The molecule has 1 heterocycles. The van der Waals surface area contributed by atoms with E-state index in [0.717, 1.165) is 0 Å².